The Morgan fingerprint density at radius 3 is 3.05 bits per heavy atom. The highest BCUT2D eigenvalue weighted by Crippen LogP contribution is 2.43. The number of hydrogen-bond acceptors (Lipinski definition) is 5. The maximum absolute atomic E-state index is 6.59. The van der Waals surface area contributed by atoms with E-state index < -0.39 is 5.31 Å². The fourth-order valence-corrected chi connectivity index (χ4v) is 3.04. The summed E-state index contributed by atoms with van der Waals surface area (Å²) in [4.78, 5) is 12.1. The van der Waals surface area contributed by atoms with Crippen molar-refractivity contribution in [3.63, 3.8) is 0 Å². The van der Waals surface area contributed by atoms with Gasteiger partial charge in [-0.15, -0.1) is 0 Å². The molecular weight excluding hydrogens is 304 g/mol. The van der Waals surface area contributed by atoms with E-state index in [1.807, 2.05) is 47.4 Å². The summed E-state index contributed by atoms with van der Waals surface area (Å²) in [5.41, 5.74) is 4.05. The summed E-state index contributed by atoms with van der Waals surface area (Å²) < 4.78 is 5.48. The highest BCUT2D eigenvalue weighted by molar-refractivity contribution is 6.26. The minimum absolute atomic E-state index is 0.487. The maximum atomic E-state index is 6.59. The van der Waals surface area contributed by atoms with Gasteiger partial charge in [-0.25, -0.2) is 0 Å². The van der Waals surface area contributed by atoms with E-state index in [9.17, 15) is 0 Å². The molecule has 0 spiro atoms. The van der Waals surface area contributed by atoms with E-state index in [0.29, 0.717) is 13.2 Å². The Labute approximate surface area is 133 Å². The first kappa shape index (κ1) is 13.7. The van der Waals surface area contributed by atoms with E-state index in [1.54, 1.807) is 7.11 Å². The van der Waals surface area contributed by atoms with Crippen LogP contribution in [-0.4, -0.2) is 12.4 Å². The zero-order valence-corrected chi connectivity index (χ0v) is 12.8. The molecule has 2 aromatic rings. The average molecular weight is 319 g/mol. The number of benzene rings is 2. The van der Waals surface area contributed by atoms with Crippen molar-refractivity contribution in [1.29, 1.82) is 0 Å². The van der Waals surface area contributed by atoms with Crippen LogP contribution in [0.3, 0.4) is 0 Å². The van der Waals surface area contributed by atoms with Crippen LogP contribution in [0.1, 0.15) is 11.1 Å². The Bertz CT molecular complexity index is 724. The monoisotopic (exact) mass is 318 g/mol. The molecule has 0 saturated carbocycles. The van der Waals surface area contributed by atoms with Gasteiger partial charge in [-0.05, 0) is 35.4 Å². The van der Waals surface area contributed by atoms with Gasteiger partial charge in [0.25, 0.3) is 0 Å². The molecule has 1 N–H and O–H groups in total. The Morgan fingerprint density at radius 2 is 2.18 bits per heavy atom. The second kappa shape index (κ2) is 5.05. The molecule has 0 aliphatic carbocycles. The number of nitrogens with zero attached hydrogens (tertiary/aromatic N) is 1. The van der Waals surface area contributed by atoms with Gasteiger partial charge in [-0.3, -0.25) is 0 Å². The fourth-order valence-electron chi connectivity index (χ4n) is 2.78. The zero-order valence-electron chi connectivity index (χ0n) is 12.0. The van der Waals surface area contributed by atoms with Crippen LogP contribution in [0.2, 0.25) is 0 Å². The molecule has 0 bridgehead atoms. The first-order valence-electron chi connectivity index (χ1n) is 7.00. The fraction of sp³-hybridized carbons (Fsp3) is 0.250. The summed E-state index contributed by atoms with van der Waals surface area (Å²) in [6.07, 6.45) is 0. The van der Waals surface area contributed by atoms with Crippen molar-refractivity contribution in [2.45, 2.75) is 18.5 Å². The van der Waals surface area contributed by atoms with Gasteiger partial charge >= 0.3 is 5.31 Å². The smallest absolute Gasteiger partial charge is 0.302 e. The molecule has 0 amide bonds. The van der Waals surface area contributed by atoms with E-state index in [2.05, 4.69) is 5.32 Å². The number of anilines is 2. The highest BCUT2D eigenvalue weighted by Gasteiger charge is 2.42. The van der Waals surface area contributed by atoms with Gasteiger partial charge in [0, 0.05) is 19.2 Å². The molecule has 0 aromatic heterocycles. The molecule has 0 radical (unpaired) electrons. The van der Waals surface area contributed by atoms with Crippen molar-refractivity contribution in [2.24, 2.45) is 0 Å². The zero-order chi connectivity index (χ0) is 15.2. The molecule has 2 aliphatic heterocycles. The van der Waals surface area contributed by atoms with Gasteiger partial charge in [-0.2, -0.15) is 4.89 Å². The summed E-state index contributed by atoms with van der Waals surface area (Å²) in [7, 11) is 1.58. The lowest BCUT2D eigenvalue weighted by Gasteiger charge is -2.32. The molecule has 1 atom stereocenters. The van der Waals surface area contributed by atoms with Crippen molar-refractivity contribution >= 4 is 23.0 Å². The highest BCUT2D eigenvalue weighted by atomic mass is 35.5. The molecule has 2 heterocycles. The van der Waals surface area contributed by atoms with Gasteiger partial charge in [-0.1, -0.05) is 24.3 Å². The molecule has 2 aromatic carbocycles. The van der Waals surface area contributed by atoms with Crippen molar-refractivity contribution in [1.82, 2.24) is 0 Å². The second-order valence-electron chi connectivity index (χ2n) is 5.28. The summed E-state index contributed by atoms with van der Waals surface area (Å²) in [6, 6.07) is 14.0. The molecule has 2 aliphatic rings. The number of fused-ring (bicyclic) bond motifs is 2. The van der Waals surface area contributed by atoms with E-state index in [-0.39, 0.29) is 0 Å². The molecule has 1 unspecified atom stereocenters. The van der Waals surface area contributed by atoms with Crippen LogP contribution in [0.4, 0.5) is 11.4 Å². The van der Waals surface area contributed by atoms with Gasteiger partial charge in [0.1, 0.15) is 6.61 Å². The number of halogens is 1. The predicted octanol–water partition coefficient (Wildman–Crippen LogP) is 3.44. The number of hydrogen-bond donors (Lipinski definition) is 1. The molecule has 0 fully saturated rings. The summed E-state index contributed by atoms with van der Waals surface area (Å²) in [5.74, 6) is 0.760. The predicted molar refractivity (Wildman–Crippen MR) is 83.7 cm³/mol. The normalized spacial score (nSPS) is 22.0. The molecule has 22 heavy (non-hydrogen) atoms. The summed E-state index contributed by atoms with van der Waals surface area (Å²) in [5, 5.41) is 2.10. The minimum Gasteiger partial charge on any atom is -0.337 e. The van der Waals surface area contributed by atoms with Gasteiger partial charge in [0.15, 0.2) is 5.75 Å². The third kappa shape index (κ3) is 2.09. The van der Waals surface area contributed by atoms with Crippen LogP contribution in [0.15, 0.2) is 42.5 Å². The molecule has 6 heteroatoms. The Morgan fingerprint density at radius 1 is 1.32 bits per heavy atom. The molecule has 0 saturated heterocycles. The number of ether oxygens (including phenoxy) is 1. The SMILES string of the molecule is COC1(Cl)Nc2ccccc2N1Cc1ccc2c(c1)OOC2. The minimum atomic E-state index is -1.10. The van der Waals surface area contributed by atoms with Crippen molar-refractivity contribution in [2.75, 3.05) is 17.3 Å². The third-order valence-corrected chi connectivity index (χ3v) is 4.39. The number of methoxy groups -OCH3 is 1. The van der Waals surface area contributed by atoms with Crippen molar-refractivity contribution in [3.05, 3.63) is 53.6 Å². The molecular formula is C16H15ClN2O3. The van der Waals surface area contributed by atoms with Crippen LogP contribution in [-0.2, 0) is 22.8 Å². The van der Waals surface area contributed by atoms with Crippen LogP contribution in [0.25, 0.3) is 0 Å². The van der Waals surface area contributed by atoms with Crippen LogP contribution in [0.5, 0.6) is 5.75 Å². The number of nitrogens with one attached hydrogen (secondary N) is 1. The molecule has 114 valence electrons. The summed E-state index contributed by atoms with van der Waals surface area (Å²) >= 11 is 6.59. The lowest BCUT2D eigenvalue weighted by Crippen LogP contribution is -2.47. The van der Waals surface area contributed by atoms with E-state index in [0.717, 1.165) is 28.3 Å². The Hall–Kier alpha value is -1.95. The lowest BCUT2D eigenvalue weighted by molar-refractivity contribution is -0.194. The van der Waals surface area contributed by atoms with Gasteiger partial charge in [0.2, 0.25) is 0 Å². The number of rotatable bonds is 3. The number of para-hydroxylation sites is 2. The van der Waals surface area contributed by atoms with E-state index in [1.165, 1.54) is 0 Å². The molecule has 5 nitrogen and oxygen atoms in total. The molecule has 4 rings (SSSR count). The van der Waals surface area contributed by atoms with Crippen LogP contribution >= 0.6 is 11.6 Å². The quantitative estimate of drug-likeness (QED) is 0.533. The van der Waals surface area contributed by atoms with Crippen molar-refractivity contribution < 1.29 is 14.5 Å². The second-order valence-corrected chi connectivity index (χ2v) is 5.79. The van der Waals surface area contributed by atoms with Crippen LogP contribution in [0, 0.1) is 0 Å². The first-order valence-corrected chi connectivity index (χ1v) is 7.37. The topological polar surface area (TPSA) is 43.0 Å². The largest absolute Gasteiger partial charge is 0.337 e. The number of alkyl halides is 1. The van der Waals surface area contributed by atoms with Gasteiger partial charge in [0.05, 0.1) is 11.4 Å². The lowest BCUT2D eigenvalue weighted by atomic mass is 10.1. The maximum Gasteiger partial charge on any atom is 0.302 e. The van der Waals surface area contributed by atoms with Gasteiger partial charge < -0.3 is 19.8 Å². The first-order chi connectivity index (χ1) is 10.7. The Kier molecular flexibility index (Phi) is 3.14. The van der Waals surface area contributed by atoms with Crippen molar-refractivity contribution in [3.8, 4) is 5.75 Å². The third-order valence-electron chi connectivity index (χ3n) is 3.94. The van der Waals surface area contributed by atoms with E-state index >= 15 is 0 Å². The summed E-state index contributed by atoms with van der Waals surface area (Å²) in [6.45, 7) is 1.07. The average Bonchev–Trinajstić information content (AvgIpc) is 3.11. The van der Waals surface area contributed by atoms with Crippen LogP contribution < -0.4 is 15.1 Å². The standard InChI is InChI=1S/C16H15ClN2O3/c1-20-16(17)18-13-4-2-3-5-14(13)19(16)9-11-6-7-12-10-21-22-15(12)8-11/h2-8,18H,9-10H2,1H3. The Balaban J connectivity index is 1.68. The van der Waals surface area contributed by atoms with E-state index in [4.69, 9.17) is 26.1 Å².